The molecule has 0 aromatic rings. The van der Waals surface area contributed by atoms with Gasteiger partial charge in [-0.05, 0) is 33.0 Å². The molecule has 0 bridgehead atoms. The Hall–Kier alpha value is 0.117. The van der Waals surface area contributed by atoms with Crippen LogP contribution >= 0.6 is 15.9 Å². The summed E-state index contributed by atoms with van der Waals surface area (Å²) in [5.41, 5.74) is 0. The summed E-state index contributed by atoms with van der Waals surface area (Å²) < 4.78 is 23.4. The van der Waals surface area contributed by atoms with Crippen LogP contribution in [0.1, 0.15) is 13.8 Å². The second-order valence-corrected chi connectivity index (χ2v) is 11.5. The lowest BCUT2D eigenvalue weighted by Crippen LogP contribution is -2.57. The standard InChI is InChI=1S/C12H21BrO4Si/c1-12(2)15-7-10-11(16-12)9(5-6-14-10)17-18(3,4)8-13/h5-6,9-11H,7-8H2,1-4H3/t9-,10-,11+/m1/s1. The van der Waals surface area contributed by atoms with Crippen LogP contribution in [0.2, 0.25) is 13.1 Å². The lowest BCUT2D eigenvalue weighted by Gasteiger charge is -2.45. The lowest BCUT2D eigenvalue weighted by molar-refractivity contribution is -0.317. The molecule has 0 amide bonds. The molecule has 2 heterocycles. The van der Waals surface area contributed by atoms with Gasteiger partial charge < -0.3 is 18.6 Å². The van der Waals surface area contributed by atoms with Crippen LogP contribution in [0.3, 0.4) is 0 Å². The van der Waals surface area contributed by atoms with Crippen molar-refractivity contribution < 1.29 is 18.6 Å². The average Bonchev–Trinajstić information content (AvgIpc) is 2.29. The summed E-state index contributed by atoms with van der Waals surface area (Å²) >= 11 is 3.52. The van der Waals surface area contributed by atoms with E-state index in [0.29, 0.717) is 6.61 Å². The lowest BCUT2D eigenvalue weighted by atomic mass is 10.0. The van der Waals surface area contributed by atoms with Crippen LogP contribution in [0.25, 0.3) is 0 Å². The molecule has 18 heavy (non-hydrogen) atoms. The summed E-state index contributed by atoms with van der Waals surface area (Å²) in [6.07, 6.45) is 3.43. The normalized spacial score (nSPS) is 34.8. The molecule has 0 radical (unpaired) electrons. The van der Waals surface area contributed by atoms with Crippen molar-refractivity contribution >= 4 is 24.2 Å². The second kappa shape index (κ2) is 5.24. The minimum atomic E-state index is -1.70. The minimum absolute atomic E-state index is 0.0499. The smallest absolute Gasteiger partial charge is 0.198 e. The van der Waals surface area contributed by atoms with Crippen molar-refractivity contribution in [1.29, 1.82) is 0 Å². The van der Waals surface area contributed by atoms with Gasteiger partial charge in [-0.2, -0.15) is 0 Å². The van der Waals surface area contributed by atoms with Crippen LogP contribution in [0.5, 0.6) is 0 Å². The summed E-state index contributed by atoms with van der Waals surface area (Å²) in [4.78, 5) is 0.905. The topological polar surface area (TPSA) is 36.9 Å². The highest BCUT2D eigenvalue weighted by molar-refractivity contribution is 9.09. The average molecular weight is 337 g/mol. The molecule has 2 aliphatic rings. The van der Waals surface area contributed by atoms with Gasteiger partial charge in [0, 0.05) is 4.95 Å². The van der Waals surface area contributed by atoms with E-state index in [1.807, 2.05) is 19.9 Å². The first-order valence-corrected chi connectivity index (χ1v) is 10.4. The molecule has 3 atom stereocenters. The van der Waals surface area contributed by atoms with Crippen LogP contribution in [-0.2, 0) is 18.6 Å². The molecule has 0 aliphatic carbocycles. The van der Waals surface area contributed by atoms with Crippen molar-refractivity contribution in [2.45, 2.75) is 51.0 Å². The zero-order valence-corrected chi connectivity index (χ0v) is 13.9. The Morgan fingerprint density at radius 2 is 2.17 bits per heavy atom. The predicted octanol–water partition coefficient (Wildman–Crippen LogP) is 2.57. The molecular formula is C12H21BrO4Si. The van der Waals surface area contributed by atoms with Gasteiger partial charge in [0.15, 0.2) is 20.2 Å². The SMILES string of the molecule is CC1(C)OC[C@H]2OC=C[C@@H](O[Si](C)(C)CBr)[C@@H]2O1. The maximum atomic E-state index is 6.24. The molecule has 0 spiro atoms. The fraction of sp³-hybridized carbons (Fsp3) is 0.833. The van der Waals surface area contributed by atoms with Crippen LogP contribution in [-0.4, -0.2) is 44.0 Å². The van der Waals surface area contributed by atoms with E-state index < -0.39 is 14.1 Å². The summed E-state index contributed by atoms with van der Waals surface area (Å²) in [6, 6.07) is 0. The van der Waals surface area contributed by atoms with Crippen molar-refractivity contribution in [2.75, 3.05) is 11.6 Å². The van der Waals surface area contributed by atoms with Crippen LogP contribution in [0.15, 0.2) is 12.3 Å². The maximum Gasteiger partial charge on any atom is 0.198 e. The third kappa shape index (κ3) is 3.36. The molecule has 2 aliphatic heterocycles. The van der Waals surface area contributed by atoms with Crippen molar-refractivity contribution in [3.63, 3.8) is 0 Å². The first kappa shape index (κ1) is 14.5. The summed E-state index contributed by atoms with van der Waals surface area (Å²) in [7, 11) is -1.70. The monoisotopic (exact) mass is 336 g/mol. The molecule has 1 saturated heterocycles. The van der Waals surface area contributed by atoms with Gasteiger partial charge in [0.2, 0.25) is 0 Å². The van der Waals surface area contributed by atoms with Crippen molar-refractivity contribution in [2.24, 2.45) is 0 Å². The third-order valence-electron chi connectivity index (χ3n) is 3.00. The van der Waals surface area contributed by atoms with Crippen LogP contribution in [0, 0.1) is 0 Å². The number of halogens is 1. The Morgan fingerprint density at radius 1 is 1.44 bits per heavy atom. The van der Waals surface area contributed by atoms with Crippen LogP contribution < -0.4 is 0 Å². The summed E-state index contributed by atoms with van der Waals surface area (Å²) in [6.45, 7) is 8.75. The van der Waals surface area contributed by atoms with Gasteiger partial charge in [-0.25, -0.2) is 0 Å². The number of ether oxygens (including phenoxy) is 3. The molecular weight excluding hydrogens is 316 g/mol. The Labute approximate surface area is 118 Å². The van der Waals surface area contributed by atoms with Gasteiger partial charge in [-0.3, -0.25) is 0 Å². The largest absolute Gasteiger partial charge is 0.493 e. The molecule has 0 aromatic heterocycles. The van der Waals surface area contributed by atoms with Crippen molar-refractivity contribution in [1.82, 2.24) is 0 Å². The van der Waals surface area contributed by atoms with E-state index in [4.69, 9.17) is 18.6 Å². The first-order valence-electron chi connectivity index (χ1n) is 6.21. The molecule has 6 heteroatoms. The fourth-order valence-electron chi connectivity index (χ4n) is 2.05. The number of hydrogen-bond donors (Lipinski definition) is 0. The molecule has 4 nitrogen and oxygen atoms in total. The van der Waals surface area contributed by atoms with Crippen molar-refractivity contribution in [3.05, 3.63) is 12.3 Å². The molecule has 0 unspecified atom stereocenters. The highest BCUT2D eigenvalue weighted by atomic mass is 79.9. The molecule has 0 aromatic carbocycles. The van der Waals surface area contributed by atoms with E-state index >= 15 is 0 Å². The number of rotatable bonds is 3. The van der Waals surface area contributed by atoms with Gasteiger partial charge in [-0.15, -0.1) is 0 Å². The van der Waals surface area contributed by atoms with Crippen LogP contribution in [0.4, 0.5) is 0 Å². The van der Waals surface area contributed by atoms with E-state index in [0.717, 1.165) is 4.95 Å². The minimum Gasteiger partial charge on any atom is -0.493 e. The highest BCUT2D eigenvalue weighted by Crippen LogP contribution is 2.31. The molecule has 1 fully saturated rings. The summed E-state index contributed by atoms with van der Waals surface area (Å²) in [5.74, 6) is -0.572. The second-order valence-electron chi connectivity index (χ2n) is 5.77. The van der Waals surface area contributed by atoms with Gasteiger partial charge in [-0.1, -0.05) is 15.9 Å². The molecule has 104 valence electrons. The van der Waals surface area contributed by atoms with E-state index in [-0.39, 0.29) is 18.3 Å². The molecule has 0 saturated carbocycles. The highest BCUT2D eigenvalue weighted by Gasteiger charge is 2.44. The molecule has 2 rings (SSSR count). The number of alkyl halides is 1. The van der Waals surface area contributed by atoms with E-state index in [2.05, 4.69) is 29.0 Å². The van der Waals surface area contributed by atoms with Gasteiger partial charge in [0.1, 0.15) is 6.10 Å². The Balaban J connectivity index is 2.10. The van der Waals surface area contributed by atoms with E-state index in [1.165, 1.54) is 0 Å². The maximum absolute atomic E-state index is 6.24. The zero-order valence-electron chi connectivity index (χ0n) is 11.3. The quantitative estimate of drug-likeness (QED) is 0.586. The molecule has 0 N–H and O–H groups in total. The number of hydrogen-bond acceptors (Lipinski definition) is 4. The Morgan fingerprint density at radius 3 is 2.83 bits per heavy atom. The third-order valence-corrected chi connectivity index (χ3v) is 8.61. The first-order chi connectivity index (χ1) is 8.33. The van der Waals surface area contributed by atoms with Gasteiger partial charge in [0.05, 0.1) is 19.0 Å². The Kier molecular flexibility index (Phi) is 4.23. The van der Waals surface area contributed by atoms with Gasteiger partial charge in [0.25, 0.3) is 0 Å². The number of fused-ring (bicyclic) bond motifs is 1. The van der Waals surface area contributed by atoms with E-state index in [9.17, 15) is 0 Å². The van der Waals surface area contributed by atoms with Gasteiger partial charge >= 0.3 is 0 Å². The zero-order chi connectivity index (χ0) is 13.4. The predicted molar refractivity (Wildman–Crippen MR) is 75.1 cm³/mol. The van der Waals surface area contributed by atoms with Crippen molar-refractivity contribution in [3.8, 4) is 0 Å². The fourth-order valence-corrected chi connectivity index (χ4v) is 3.46. The Bertz CT molecular complexity index is 332. The van der Waals surface area contributed by atoms with E-state index in [1.54, 1.807) is 6.26 Å². The summed E-state index contributed by atoms with van der Waals surface area (Å²) in [5, 5.41) is 0.